The molecule has 7 heteroatoms. The molecule has 1 aromatic heterocycles. The third-order valence-corrected chi connectivity index (χ3v) is 3.15. The number of halogens is 1. The lowest BCUT2D eigenvalue weighted by atomic mass is 10.2. The number of nitrogens with zero attached hydrogens (tertiary/aromatic N) is 1. The van der Waals surface area contributed by atoms with Crippen molar-refractivity contribution in [2.45, 2.75) is 13.3 Å². The molecule has 2 aromatic rings. The van der Waals surface area contributed by atoms with Crippen molar-refractivity contribution < 1.29 is 14.3 Å². The van der Waals surface area contributed by atoms with Gasteiger partial charge in [-0.05, 0) is 36.8 Å². The molecule has 1 aromatic carbocycles. The van der Waals surface area contributed by atoms with Crippen LogP contribution in [0.25, 0.3) is 0 Å². The number of nitrogens with one attached hydrogen (secondary N) is 1. The van der Waals surface area contributed by atoms with Crippen LogP contribution in [0, 0.1) is 6.92 Å². The number of pyridine rings is 1. The summed E-state index contributed by atoms with van der Waals surface area (Å²) in [6, 6.07) is 9.08. The zero-order valence-corrected chi connectivity index (χ0v) is 14.6. The highest BCUT2D eigenvalue weighted by Gasteiger charge is 2.10. The van der Waals surface area contributed by atoms with E-state index in [1.54, 1.807) is 19.2 Å². The maximum atomic E-state index is 12.2. The molecule has 0 aliphatic heterocycles. The van der Waals surface area contributed by atoms with Crippen molar-refractivity contribution in [3.63, 3.8) is 0 Å². The molecule has 2 rings (SSSR count). The van der Waals surface area contributed by atoms with Gasteiger partial charge >= 0.3 is 0 Å². The van der Waals surface area contributed by atoms with Gasteiger partial charge < -0.3 is 20.5 Å². The molecular weight excluding hydrogens is 330 g/mol. The Kier molecular flexibility index (Phi) is 8.01. The molecule has 0 bridgehead atoms. The van der Waals surface area contributed by atoms with Gasteiger partial charge in [0, 0.05) is 12.8 Å². The summed E-state index contributed by atoms with van der Waals surface area (Å²) in [5, 5.41) is 2.85. The number of methoxy groups -OCH3 is 1. The van der Waals surface area contributed by atoms with Crippen molar-refractivity contribution in [3.05, 3.63) is 47.8 Å². The second kappa shape index (κ2) is 9.75. The largest absolute Gasteiger partial charge is 0.489 e. The zero-order valence-electron chi connectivity index (χ0n) is 13.7. The molecule has 6 nitrogen and oxygen atoms in total. The fourth-order valence-corrected chi connectivity index (χ4v) is 1.99. The van der Waals surface area contributed by atoms with Crippen LogP contribution in [0.15, 0.2) is 36.5 Å². The normalized spacial score (nSPS) is 9.92. The predicted molar refractivity (Wildman–Crippen MR) is 96.8 cm³/mol. The second-order valence-corrected chi connectivity index (χ2v) is 5.15. The first kappa shape index (κ1) is 19.7. The summed E-state index contributed by atoms with van der Waals surface area (Å²) in [6.45, 7) is 2.87. The summed E-state index contributed by atoms with van der Waals surface area (Å²) >= 11 is 0. The number of amides is 1. The van der Waals surface area contributed by atoms with Gasteiger partial charge in [0.15, 0.2) is 0 Å². The molecule has 0 atom stereocenters. The van der Waals surface area contributed by atoms with Gasteiger partial charge in [0.1, 0.15) is 12.4 Å². The molecular formula is C17H22ClN3O3. The highest BCUT2D eigenvalue weighted by atomic mass is 35.5. The standard InChI is InChI=1S/C17H21N3O3.ClH/c1-12-3-6-15(16(9-12)23-8-7-22-2)20-17(21)10-14-5-4-13(18)11-19-14;/h3-6,9,11H,7-8,10,18H2,1-2H3,(H,20,21);1H. The number of aromatic nitrogens is 1. The number of ether oxygens (including phenoxy) is 2. The van der Waals surface area contributed by atoms with E-state index in [2.05, 4.69) is 10.3 Å². The number of nitrogen functional groups attached to an aromatic ring is 1. The summed E-state index contributed by atoms with van der Waals surface area (Å²) in [5.74, 6) is 0.461. The van der Waals surface area contributed by atoms with Gasteiger partial charge in [-0.25, -0.2) is 0 Å². The van der Waals surface area contributed by atoms with Crippen LogP contribution in [0.5, 0.6) is 5.75 Å². The van der Waals surface area contributed by atoms with E-state index in [1.165, 1.54) is 6.20 Å². The molecule has 24 heavy (non-hydrogen) atoms. The minimum absolute atomic E-state index is 0. The molecule has 0 spiro atoms. The highest BCUT2D eigenvalue weighted by Crippen LogP contribution is 2.26. The predicted octanol–water partition coefficient (Wildman–Crippen LogP) is 2.60. The number of hydrogen-bond donors (Lipinski definition) is 2. The molecule has 0 fully saturated rings. The number of anilines is 2. The lowest BCUT2D eigenvalue weighted by molar-refractivity contribution is -0.115. The number of hydrogen-bond acceptors (Lipinski definition) is 5. The number of carbonyl (C=O) groups is 1. The number of aryl methyl sites for hydroxylation is 1. The lowest BCUT2D eigenvalue weighted by Crippen LogP contribution is -2.16. The Morgan fingerprint density at radius 2 is 2.04 bits per heavy atom. The Morgan fingerprint density at radius 3 is 2.71 bits per heavy atom. The van der Waals surface area contributed by atoms with Gasteiger partial charge in [0.05, 0.1) is 30.6 Å². The second-order valence-electron chi connectivity index (χ2n) is 5.15. The molecule has 3 N–H and O–H groups in total. The zero-order chi connectivity index (χ0) is 16.7. The van der Waals surface area contributed by atoms with Crippen molar-refractivity contribution >= 4 is 29.7 Å². The van der Waals surface area contributed by atoms with E-state index < -0.39 is 0 Å². The molecule has 0 aliphatic carbocycles. The Labute approximate surface area is 147 Å². The summed E-state index contributed by atoms with van der Waals surface area (Å²) in [4.78, 5) is 16.3. The average molecular weight is 352 g/mol. The van der Waals surface area contributed by atoms with Crippen LogP contribution in [0.4, 0.5) is 11.4 Å². The van der Waals surface area contributed by atoms with E-state index in [9.17, 15) is 4.79 Å². The van der Waals surface area contributed by atoms with Crippen LogP contribution >= 0.6 is 12.4 Å². The minimum Gasteiger partial charge on any atom is -0.489 e. The van der Waals surface area contributed by atoms with Gasteiger partial charge in [-0.15, -0.1) is 12.4 Å². The number of nitrogens with two attached hydrogens (primary N) is 1. The van der Waals surface area contributed by atoms with E-state index >= 15 is 0 Å². The molecule has 1 amide bonds. The van der Waals surface area contributed by atoms with E-state index in [1.807, 2.05) is 25.1 Å². The summed E-state index contributed by atoms with van der Waals surface area (Å²) in [6.07, 6.45) is 1.71. The third kappa shape index (κ3) is 6.06. The van der Waals surface area contributed by atoms with E-state index in [-0.39, 0.29) is 24.7 Å². The molecule has 0 radical (unpaired) electrons. The third-order valence-electron chi connectivity index (χ3n) is 3.15. The fourth-order valence-electron chi connectivity index (χ4n) is 1.99. The van der Waals surface area contributed by atoms with Crippen LogP contribution < -0.4 is 15.8 Å². The molecule has 0 unspecified atom stereocenters. The van der Waals surface area contributed by atoms with Gasteiger partial charge in [0.25, 0.3) is 0 Å². The molecule has 1 heterocycles. The summed E-state index contributed by atoms with van der Waals surface area (Å²) in [7, 11) is 1.61. The van der Waals surface area contributed by atoms with Gasteiger partial charge in [-0.3, -0.25) is 9.78 Å². The Hall–Kier alpha value is -2.31. The minimum atomic E-state index is -0.164. The van der Waals surface area contributed by atoms with Crippen molar-refractivity contribution in [2.24, 2.45) is 0 Å². The Morgan fingerprint density at radius 1 is 1.25 bits per heavy atom. The first-order valence-corrected chi connectivity index (χ1v) is 7.31. The van der Waals surface area contributed by atoms with Crippen molar-refractivity contribution in [2.75, 3.05) is 31.4 Å². The number of benzene rings is 1. The molecule has 0 saturated heterocycles. The quantitative estimate of drug-likeness (QED) is 0.749. The van der Waals surface area contributed by atoms with Gasteiger partial charge in [0.2, 0.25) is 5.91 Å². The first-order valence-electron chi connectivity index (χ1n) is 7.31. The SMILES string of the molecule is COCCOc1cc(C)ccc1NC(=O)Cc1ccc(N)cn1.Cl. The smallest absolute Gasteiger partial charge is 0.230 e. The topological polar surface area (TPSA) is 86.5 Å². The van der Waals surface area contributed by atoms with Crippen LogP contribution in [-0.4, -0.2) is 31.2 Å². The molecule has 0 saturated carbocycles. The lowest BCUT2D eigenvalue weighted by Gasteiger charge is -2.13. The van der Waals surface area contributed by atoms with Crippen molar-refractivity contribution in [3.8, 4) is 5.75 Å². The summed E-state index contributed by atoms with van der Waals surface area (Å²) < 4.78 is 10.6. The van der Waals surface area contributed by atoms with Gasteiger partial charge in [-0.1, -0.05) is 6.07 Å². The van der Waals surface area contributed by atoms with Crippen LogP contribution in [-0.2, 0) is 16.0 Å². The van der Waals surface area contributed by atoms with Gasteiger partial charge in [-0.2, -0.15) is 0 Å². The number of carbonyl (C=O) groups excluding carboxylic acids is 1. The summed E-state index contributed by atoms with van der Waals surface area (Å²) in [5.41, 5.74) is 8.50. The molecule has 130 valence electrons. The average Bonchev–Trinajstić information content (AvgIpc) is 2.52. The van der Waals surface area contributed by atoms with Crippen molar-refractivity contribution in [1.82, 2.24) is 4.98 Å². The first-order chi connectivity index (χ1) is 11.1. The van der Waals surface area contributed by atoms with Crippen LogP contribution in [0.1, 0.15) is 11.3 Å². The molecule has 0 aliphatic rings. The maximum absolute atomic E-state index is 12.2. The fraction of sp³-hybridized carbons (Fsp3) is 0.294. The monoisotopic (exact) mass is 351 g/mol. The number of rotatable bonds is 7. The van der Waals surface area contributed by atoms with E-state index in [0.717, 1.165) is 5.56 Å². The van der Waals surface area contributed by atoms with Crippen molar-refractivity contribution in [1.29, 1.82) is 0 Å². The highest BCUT2D eigenvalue weighted by molar-refractivity contribution is 5.93. The maximum Gasteiger partial charge on any atom is 0.230 e. The van der Waals surface area contributed by atoms with E-state index in [0.29, 0.717) is 36.0 Å². The Balaban J connectivity index is 0.00000288. The van der Waals surface area contributed by atoms with Crippen LogP contribution in [0.2, 0.25) is 0 Å². The van der Waals surface area contributed by atoms with E-state index in [4.69, 9.17) is 15.2 Å². The van der Waals surface area contributed by atoms with Crippen LogP contribution in [0.3, 0.4) is 0 Å². The Bertz CT molecular complexity index is 663.